The molecule has 2 heterocycles. The number of hydrogen-bond acceptors (Lipinski definition) is 6. The molecular weight excluding hydrogens is 300 g/mol. The fraction of sp³-hybridized carbons (Fsp3) is 0.333. The van der Waals surface area contributed by atoms with Gasteiger partial charge in [0.2, 0.25) is 5.95 Å². The maximum absolute atomic E-state index is 6.20. The van der Waals surface area contributed by atoms with E-state index in [1.54, 1.807) is 4.57 Å². The number of fused-ring (bicyclic) bond motifs is 1. The van der Waals surface area contributed by atoms with Crippen LogP contribution in [0.25, 0.3) is 0 Å². The van der Waals surface area contributed by atoms with Gasteiger partial charge in [0.05, 0.1) is 5.02 Å². The Labute approximate surface area is 125 Å². The Morgan fingerprint density at radius 1 is 1.35 bits per heavy atom. The van der Waals surface area contributed by atoms with Gasteiger partial charge >= 0.3 is 0 Å². The predicted molar refractivity (Wildman–Crippen MR) is 77.4 cm³/mol. The number of anilines is 1. The summed E-state index contributed by atoms with van der Waals surface area (Å²) < 4.78 is 12.8. The highest BCUT2D eigenvalue weighted by Gasteiger charge is 2.17. The largest absolute Gasteiger partial charge is 0.486 e. The molecule has 2 N–H and O–H groups in total. The first-order valence-corrected chi connectivity index (χ1v) is 7.37. The third kappa shape index (κ3) is 2.51. The van der Waals surface area contributed by atoms with Crippen LogP contribution in [0.1, 0.15) is 5.56 Å². The van der Waals surface area contributed by atoms with Crippen molar-refractivity contribution in [3.8, 4) is 11.5 Å². The van der Waals surface area contributed by atoms with E-state index in [1.165, 1.54) is 11.8 Å². The van der Waals surface area contributed by atoms with E-state index in [0.29, 0.717) is 41.4 Å². The minimum absolute atomic E-state index is 0.396. The molecule has 0 saturated heterocycles. The molecule has 0 bridgehead atoms. The van der Waals surface area contributed by atoms with Crippen molar-refractivity contribution in [2.24, 2.45) is 7.05 Å². The predicted octanol–water partition coefficient (Wildman–Crippen LogP) is 2.11. The molecule has 1 aromatic carbocycles. The smallest absolute Gasteiger partial charge is 0.222 e. The zero-order valence-corrected chi connectivity index (χ0v) is 12.4. The molecule has 0 unspecified atom stereocenters. The molecule has 20 heavy (non-hydrogen) atoms. The molecule has 0 aliphatic carbocycles. The molecule has 1 aromatic heterocycles. The van der Waals surface area contributed by atoms with E-state index in [0.717, 1.165) is 10.7 Å². The molecule has 0 spiro atoms. The zero-order chi connectivity index (χ0) is 14.1. The Morgan fingerprint density at radius 2 is 2.15 bits per heavy atom. The van der Waals surface area contributed by atoms with Crippen molar-refractivity contribution in [1.29, 1.82) is 0 Å². The molecule has 0 amide bonds. The third-order valence-corrected chi connectivity index (χ3v) is 4.27. The quantitative estimate of drug-likeness (QED) is 0.875. The van der Waals surface area contributed by atoms with E-state index in [1.807, 2.05) is 19.2 Å². The van der Waals surface area contributed by atoms with E-state index in [2.05, 4.69) is 10.2 Å². The molecule has 0 fully saturated rings. The van der Waals surface area contributed by atoms with Gasteiger partial charge < -0.3 is 15.2 Å². The molecular formula is C12H13ClN4O2S. The third-order valence-electron chi connectivity index (χ3n) is 2.89. The number of ether oxygens (including phenoxy) is 2. The second-order valence-corrected chi connectivity index (χ2v) is 5.64. The lowest BCUT2D eigenvalue weighted by Crippen LogP contribution is -2.15. The first-order chi connectivity index (χ1) is 9.65. The zero-order valence-electron chi connectivity index (χ0n) is 10.8. The number of nitrogens with two attached hydrogens (primary N) is 1. The molecule has 3 rings (SSSR count). The van der Waals surface area contributed by atoms with Crippen LogP contribution in [-0.4, -0.2) is 28.0 Å². The average Bonchev–Trinajstić information content (AvgIpc) is 2.77. The summed E-state index contributed by atoms with van der Waals surface area (Å²) in [6.45, 7) is 1.07. The number of rotatable bonds is 3. The van der Waals surface area contributed by atoms with Gasteiger partial charge in [0.25, 0.3) is 0 Å². The van der Waals surface area contributed by atoms with Gasteiger partial charge in [-0.3, -0.25) is 4.57 Å². The summed E-state index contributed by atoms with van der Waals surface area (Å²) in [5, 5.41) is 9.14. The highest BCUT2D eigenvalue weighted by atomic mass is 35.5. The van der Waals surface area contributed by atoms with Crippen molar-refractivity contribution in [3.05, 3.63) is 22.7 Å². The molecule has 6 nitrogen and oxygen atoms in total. The molecule has 0 radical (unpaired) electrons. The van der Waals surface area contributed by atoms with Crippen LogP contribution in [-0.2, 0) is 12.8 Å². The molecule has 2 aromatic rings. The Bertz CT molecular complexity index is 647. The van der Waals surface area contributed by atoms with E-state index in [9.17, 15) is 0 Å². The Hall–Kier alpha value is -1.60. The van der Waals surface area contributed by atoms with E-state index in [4.69, 9.17) is 26.8 Å². The molecule has 106 valence electrons. The van der Waals surface area contributed by atoms with Crippen molar-refractivity contribution < 1.29 is 9.47 Å². The first kappa shape index (κ1) is 13.4. The van der Waals surface area contributed by atoms with Crippen molar-refractivity contribution in [3.63, 3.8) is 0 Å². The van der Waals surface area contributed by atoms with Gasteiger partial charge in [-0.2, -0.15) is 0 Å². The Kier molecular flexibility index (Phi) is 3.62. The first-order valence-electron chi connectivity index (χ1n) is 6.01. The number of halogens is 1. The highest BCUT2D eigenvalue weighted by molar-refractivity contribution is 7.98. The fourth-order valence-corrected chi connectivity index (χ4v) is 2.98. The lowest BCUT2D eigenvalue weighted by molar-refractivity contribution is 0.171. The normalized spacial score (nSPS) is 13.5. The minimum atomic E-state index is 0.396. The van der Waals surface area contributed by atoms with Crippen LogP contribution in [0.15, 0.2) is 17.3 Å². The van der Waals surface area contributed by atoms with Crippen LogP contribution in [0.2, 0.25) is 5.02 Å². The van der Waals surface area contributed by atoms with Crippen LogP contribution in [0.5, 0.6) is 11.5 Å². The van der Waals surface area contributed by atoms with E-state index in [-0.39, 0.29) is 0 Å². The average molecular weight is 313 g/mol. The Balaban J connectivity index is 1.78. The van der Waals surface area contributed by atoms with Crippen molar-refractivity contribution in [2.45, 2.75) is 10.9 Å². The number of benzene rings is 1. The van der Waals surface area contributed by atoms with Crippen LogP contribution in [0, 0.1) is 0 Å². The SMILES string of the molecule is Cn1c(N)nnc1SCc1cc(Cl)c2c(c1)OCCO2. The summed E-state index contributed by atoms with van der Waals surface area (Å²) in [6.07, 6.45) is 0. The monoisotopic (exact) mass is 312 g/mol. The van der Waals surface area contributed by atoms with Crippen LogP contribution < -0.4 is 15.2 Å². The van der Waals surface area contributed by atoms with Gasteiger partial charge in [0.1, 0.15) is 13.2 Å². The second-order valence-electron chi connectivity index (χ2n) is 4.29. The summed E-state index contributed by atoms with van der Waals surface area (Å²) in [7, 11) is 1.83. The lowest BCUT2D eigenvalue weighted by atomic mass is 10.2. The van der Waals surface area contributed by atoms with Gasteiger partial charge in [-0.25, -0.2) is 0 Å². The van der Waals surface area contributed by atoms with E-state index < -0.39 is 0 Å². The van der Waals surface area contributed by atoms with Crippen LogP contribution in [0.4, 0.5) is 5.95 Å². The van der Waals surface area contributed by atoms with Crippen molar-refractivity contribution in [2.75, 3.05) is 18.9 Å². The van der Waals surface area contributed by atoms with E-state index >= 15 is 0 Å². The lowest BCUT2D eigenvalue weighted by Gasteiger charge is -2.20. The highest BCUT2D eigenvalue weighted by Crippen LogP contribution is 2.39. The standard InChI is InChI=1S/C12H13ClN4O2S/c1-17-11(14)15-16-12(17)20-6-7-4-8(13)10-9(5-7)18-2-3-19-10/h4-5H,2-3,6H2,1H3,(H2,14,15). The number of nitrogens with zero attached hydrogens (tertiary/aromatic N) is 3. The number of aromatic nitrogens is 3. The minimum Gasteiger partial charge on any atom is -0.486 e. The van der Waals surface area contributed by atoms with Crippen molar-refractivity contribution in [1.82, 2.24) is 14.8 Å². The van der Waals surface area contributed by atoms with Gasteiger partial charge in [0.15, 0.2) is 16.7 Å². The molecule has 0 saturated carbocycles. The van der Waals surface area contributed by atoms with Crippen LogP contribution in [0.3, 0.4) is 0 Å². The molecule has 1 aliphatic heterocycles. The summed E-state index contributed by atoms with van der Waals surface area (Å²) >= 11 is 7.73. The maximum Gasteiger partial charge on any atom is 0.222 e. The molecule has 1 aliphatic rings. The summed E-state index contributed by atoms with van der Waals surface area (Å²) in [4.78, 5) is 0. The number of thioether (sulfide) groups is 1. The maximum atomic E-state index is 6.20. The van der Waals surface area contributed by atoms with Gasteiger partial charge in [-0.15, -0.1) is 10.2 Å². The summed E-state index contributed by atoms with van der Waals surface area (Å²) in [5.41, 5.74) is 6.68. The molecule has 8 heteroatoms. The summed E-state index contributed by atoms with van der Waals surface area (Å²) in [6, 6.07) is 3.81. The van der Waals surface area contributed by atoms with Gasteiger partial charge in [-0.05, 0) is 17.7 Å². The van der Waals surface area contributed by atoms with Gasteiger partial charge in [0, 0.05) is 12.8 Å². The number of hydrogen-bond donors (Lipinski definition) is 1. The second kappa shape index (κ2) is 5.41. The number of nitrogen functional groups attached to an aromatic ring is 1. The molecule has 0 atom stereocenters. The fourth-order valence-electron chi connectivity index (χ4n) is 1.85. The van der Waals surface area contributed by atoms with Crippen LogP contribution >= 0.6 is 23.4 Å². The Morgan fingerprint density at radius 3 is 2.90 bits per heavy atom. The van der Waals surface area contributed by atoms with Crippen molar-refractivity contribution >= 4 is 29.3 Å². The van der Waals surface area contributed by atoms with Gasteiger partial charge in [-0.1, -0.05) is 23.4 Å². The topological polar surface area (TPSA) is 75.2 Å². The summed E-state index contributed by atoms with van der Waals surface area (Å²) in [5.74, 6) is 2.40.